The summed E-state index contributed by atoms with van der Waals surface area (Å²) in [4.78, 5) is 2.71. The Kier molecular flexibility index (Phi) is 6.14. The van der Waals surface area contributed by atoms with Gasteiger partial charge in [-0.05, 0) is 37.8 Å². The average Bonchev–Trinajstić information content (AvgIpc) is 2.56. The average molecular weight is 319 g/mol. The lowest BCUT2D eigenvalue weighted by molar-refractivity contribution is 0.133. The van der Waals surface area contributed by atoms with Crippen LogP contribution in [0.5, 0.6) is 0 Å². The summed E-state index contributed by atoms with van der Waals surface area (Å²) in [5.41, 5.74) is 3.20. The van der Waals surface area contributed by atoms with Crippen LogP contribution in [-0.2, 0) is 0 Å². The van der Waals surface area contributed by atoms with Crippen LogP contribution in [0, 0.1) is 0 Å². The lowest BCUT2D eigenvalue weighted by atomic mass is 9.93. The molecule has 1 saturated heterocycles. The number of piperidine rings is 1. The van der Waals surface area contributed by atoms with Crippen LogP contribution in [0.15, 0.2) is 24.3 Å². The first kappa shape index (κ1) is 16.6. The van der Waals surface area contributed by atoms with Gasteiger partial charge in [0.25, 0.3) is 0 Å². The van der Waals surface area contributed by atoms with Gasteiger partial charge < -0.3 is 10.2 Å². The molecule has 1 saturated carbocycles. The highest BCUT2D eigenvalue weighted by molar-refractivity contribution is 5.67. The molecule has 2 fully saturated rings. The van der Waals surface area contributed by atoms with Crippen LogP contribution in [0.1, 0.15) is 57.8 Å². The summed E-state index contributed by atoms with van der Waals surface area (Å²) in [6.07, 6.45) is 12.1. The molecule has 0 atom stereocenters. The van der Waals surface area contributed by atoms with Crippen LogP contribution in [0.3, 0.4) is 0 Å². The fourth-order valence-corrected chi connectivity index (χ4v) is 4.12. The molecule has 128 valence electrons. The zero-order valence-corrected chi connectivity index (χ0v) is 14.1. The minimum Gasteiger partial charge on any atom is -0.380 e. The third kappa shape index (κ3) is 4.60. The van der Waals surface area contributed by atoms with Gasteiger partial charge in [0.1, 0.15) is 0 Å². The van der Waals surface area contributed by atoms with Crippen molar-refractivity contribution in [3.63, 3.8) is 0 Å². The van der Waals surface area contributed by atoms with Gasteiger partial charge >= 0.3 is 0 Å². The van der Waals surface area contributed by atoms with Crippen molar-refractivity contribution in [3.8, 4) is 0 Å². The molecule has 1 aromatic rings. The first-order valence-corrected chi connectivity index (χ1v) is 9.33. The summed E-state index contributed by atoms with van der Waals surface area (Å²) in [5, 5.41) is 3.52. The predicted octanol–water partition coefficient (Wildman–Crippen LogP) is 4.97. The Balaban J connectivity index is 1.49. The zero-order valence-electron chi connectivity index (χ0n) is 14.1. The van der Waals surface area contributed by atoms with E-state index in [-0.39, 0.29) is 0 Å². The van der Waals surface area contributed by atoms with Crippen molar-refractivity contribution in [1.82, 2.24) is 4.90 Å². The van der Waals surface area contributed by atoms with Crippen molar-refractivity contribution in [2.45, 2.75) is 69.9 Å². The molecule has 0 radical (unpaired) electrons. The second kappa shape index (κ2) is 8.53. The van der Waals surface area contributed by atoms with Crippen LogP contribution in [0.2, 0.25) is 0 Å². The third-order valence-corrected chi connectivity index (χ3v) is 5.51. The number of benzene rings is 1. The van der Waals surface area contributed by atoms with Crippen LogP contribution < -0.4 is 10.9 Å². The monoisotopic (exact) mass is 319 g/mol. The Morgan fingerprint density at radius 3 is 2.09 bits per heavy atom. The molecule has 1 aliphatic carbocycles. The first-order chi connectivity index (χ1) is 11.4. The molecule has 4 heteroatoms. The molecule has 1 aliphatic heterocycles. The van der Waals surface area contributed by atoms with Gasteiger partial charge in [-0.2, -0.15) is 0 Å². The summed E-state index contributed by atoms with van der Waals surface area (Å²) < 4.78 is 12.8. The van der Waals surface area contributed by atoms with E-state index in [1.165, 1.54) is 58.0 Å². The minimum atomic E-state index is 0.453. The molecular formula is C19H30FN3. The van der Waals surface area contributed by atoms with E-state index in [1.807, 2.05) is 18.2 Å². The van der Waals surface area contributed by atoms with E-state index in [2.05, 4.69) is 10.2 Å². The van der Waals surface area contributed by atoms with Crippen molar-refractivity contribution in [2.75, 3.05) is 23.9 Å². The molecule has 2 N–H and O–H groups in total. The molecule has 0 spiro atoms. The number of likely N-dealkylation sites (tertiary alicyclic amines) is 1. The third-order valence-electron chi connectivity index (χ3n) is 5.51. The SMILES string of the molecule is FNc1ccccc1NC1CCN(C2CCCCCCC2)CC1. The highest BCUT2D eigenvalue weighted by Gasteiger charge is 2.25. The van der Waals surface area contributed by atoms with Gasteiger partial charge in [0.05, 0.1) is 11.4 Å². The van der Waals surface area contributed by atoms with Crippen molar-refractivity contribution < 1.29 is 4.48 Å². The van der Waals surface area contributed by atoms with Crippen molar-refractivity contribution in [3.05, 3.63) is 24.3 Å². The zero-order chi connectivity index (χ0) is 15.9. The number of rotatable bonds is 4. The van der Waals surface area contributed by atoms with E-state index >= 15 is 0 Å². The fourth-order valence-electron chi connectivity index (χ4n) is 4.12. The molecule has 0 amide bonds. The summed E-state index contributed by atoms with van der Waals surface area (Å²) in [6, 6.07) is 8.77. The molecule has 3 rings (SSSR count). The van der Waals surface area contributed by atoms with Crippen molar-refractivity contribution in [2.24, 2.45) is 0 Å². The molecule has 1 aromatic carbocycles. The predicted molar refractivity (Wildman–Crippen MR) is 95.5 cm³/mol. The van der Waals surface area contributed by atoms with E-state index in [0.717, 1.165) is 24.6 Å². The van der Waals surface area contributed by atoms with E-state index in [0.29, 0.717) is 11.7 Å². The number of hydrogen-bond acceptors (Lipinski definition) is 3. The maximum Gasteiger partial charge on any atom is 0.0887 e. The summed E-state index contributed by atoms with van der Waals surface area (Å²) in [7, 11) is 0. The van der Waals surface area contributed by atoms with Gasteiger partial charge in [-0.1, -0.05) is 44.2 Å². The number of halogens is 1. The van der Waals surface area contributed by atoms with Gasteiger partial charge in [-0.25, -0.2) is 5.54 Å². The first-order valence-electron chi connectivity index (χ1n) is 9.33. The van der Waals surface area contributed by atoms with Crippen molar-refractivity contribution >= 4 is 11.4 Å². The summed E-state index contributed by atoms with van der Waals surface area (Å²) >= 11 is 0. The Hall–Kier alpha value is -1.29. The summed E-state index contributed by atoms with van der Waals surface area (Å²) in [6.45, 7) is 2.35. The smallest absolute Gasteiger partial charge is 0.0887 e. The highest BCUT2D eigenvalue weighted by atomic mass is 19.2. The number of para-hydroxylation sites is 2. The molecule has 23 heavy (non-hydrogen) atoms. The standard InChI is InChI=1S/C19H30FN3/c20-22-19-11-7-6-10-18(19)21-16-12-14-23(15-13-16)17-8-4-2-1-3-5-9-17/h6-7,10-11,16-17,21-22H,1-5,8-9,12-15H2. The Labute approximate surface area is 139 Å². The quantitative estimate of drug-likeness (QED) is 0.767. The molecule has 3 nitrogen and oxygen atoms in total. The second-order valence-electron chi connectivity index (χ2n) is 7.09. The van der Waals surface area contributed by atoms with Gasteiger partial charge in [0, 0.05) is 25.2 Å². The Bertz CT molecular complexity index is 463. The molecular weight excluding hydrogens is 289 g/mol. The number of nitrogens with zero attached hydrogens (tertiary/aromatic N) is 1. The summed E-state index contributed by atoms with van der Waals surface area (Å²) in [5.74, 6) is 0. The van der Waals surface area contributed by atoms with E-state index in [1.54, 1.807) is 11.6 Å². The lowest BCUT2D eigenvalue weighted by Gasteiger charge is -2.39. The van der Waals surface area contributed by atoms with E-state index < -0.39 is 0 Å². The minimum absolute atomic E-state index is 0.453. The van der Waals surface area contributed by atoms with Crippen LogP contribution in [-0.4, -0.2) is 30.1 Å². The normalized spacial score (nSPS) is 22.3. The molecule has 0 unspecified atom stereocenters. The van der Waals surface area contributed by atoms with Crippen LogP contribution in [0.25, 0.3) is 0 Å². The van der Waals surface area contributed by atoms with Gasteiger partial charge in [-0.3, -0.25) is 0 Å². The van der Waals surface area contributed by atoms with Crippen LogP contribution in [0.4, 0.5) is 15.9 Å². The van der Waals surface area contributed by atoms with Crippen LogP contribution >= 0.6 is 0 Å². The van der Waals surface area contributed by atoms with Gasteiger partial charge in [0.15, 0.2) is 0 Å². The van der Waals surface area contributed by atoms with E-state index in [4.69, 9.17) is 0 Å². The maximum atomic E-state index is 12.8. The largest absolute Gasteiger partial charge is 0.380 e. The highest BCUT2D eigenvalue weighted by Crippen LogP contribution is 2.27. The molecule has 0 bridgehead atoms. The van der Waals surface area contributed by atoms with Crippen molar-refractivity contribution in [1.29, 1.82) is 0 Å². The number of anilines is 2. The molecule has 0 aromatic heterocycles. The number of nitrogens with one attached hydrogen (secondary N) is 2. The molecule has 1 heterocycles. The topological polar surface area (TPSA) is 27.3 Å². The fraction of sp³-hybridized carbons (Fsp3) is 0.684. The number of hydrogen-bond donors (Lipinski definition) is 2. The van der Waals surface area contributed by atoms with Gasteiger partial charge in [-0.15, -0.1) is 4.48 Å². The Morgan fingerprint density at radius 1 is 0.826 bits per heavy atom. The second-order valence-corrected chi connectivity index (χ2v) is 7.09. The van der Waals surface area contributed by atoms with E-state index in [9.17, 15) is 4.48 Å². The maximum absolute atomic E-state index is 12.8. The lowest BCUT2D eigenvalue weighted by Crippen LogP contribution is -2.44. The Morgan fingerprint density at radius 2 is 1.43 bits per heavy atom. The molecule has 2 aliphatic rings. The van der Waals surface area contributed by atoms with Gasteiger partial charge in [0.2, 0.25) is 0 Å².